The highest BCUT2D eigenvalue weighted by Crippen LogP contribution is 2.28. The molecule has 0 aliphatic carbocycles. The number of pyridine rings is 1. The van der Waals surface area contributed by atoms with E-state index < -0.39 is 0 Å². The number of methoxy groups -OCH3 is 1. The van der Waals surface area contributed by atoms with Gasteiger partial charge in [0.1, 0.15) is 5.75 Å². The molecule has 1 saturated heterocycles. The van der Waals surface area contributed by atoms with E-state index >= 15 is 0 Å². The number of aromatic nitrogens is 3. The summed E-state index contributed by atoms with van der Waals surface area (Å²) in [7, 11) is 1.66. The van der Waals surface area contributed by atoms with Crippen LogP contribution >= 0.6 is 11.8 Å². The Labute approximate surface area is 162 Å². The van der Waals surface area contributed by atoms with Crippen LogP contribution in [0.4, 0.5) is 0 Å². The zero-order chi connectivity index (χ0) is 19.0. The lowest BCUT2D eigenvalue weighted by Gasteiger charge is -2.33. The Kier molecular flexibility index (Phi) is 4.95. The standard InChI is InChI=1S/C20H24N4O2S/c1-13-10-15-7-8-16(26-3)11-17(15)24-19(13)21-22-20(24)27-12-18(25)23-9-5-4-6-14(23)2/h7-8,10-11,14H,4-6,9,12H2,1-3H3/t14-/m1/s1. The Bertz CT molecular complexity index is 1000. The Morgan fingerprint density at radius 3 is 2.93 bits per heavy atom. The number of fused-ring (bicyclic) bond motifs is 3. The number of hydrogen-bond acceptors (Lipinski definition) is 5. The van der Waals surface area contributed by atoms with E-state index in [1.165, 1.54) is 18.2 Å². The lowest BCUT2D eigenvalue weighted by Crippen LogP contribution is -2.42. The number of ether oxygens (including phenoxy) is 1. The highest BCUT2D eigenvalue weighted by Gasteiger charge is 2.24. The molecule has 1 aliphatic heterocycles. The molecule has 7 heteroatoms. The van der Waals surface area contributed by atoms with Crippen molar-refractivity contribution in [2.24, 2.45) is 0 Å². The molecule has 6 nitrogen and oxygen atoms in total. The summed E-state index contributed by atoms with van der Waals surface area (Å²) < 4.78 is 7.42. The van der Waals surface area contributed by atoms with Gasteiger partial charge in [-0.2, -0.15) is 0 Å². The van der Waals surface area contributed by atoms with Crippen molar-refractivity contribution in [2.45, 2.75) is 44.3 Å². The number of hydrogen-bond donors (Lipinski definition) is 0. The molecule has 2 aromatic heterocycles. The van der Waals surface area contributed by atoms with Gasteiger partial charge in [0.15, 0.2) is 10.8 Å². The van der Waals surface area contributed by atoms with Crippen molar-refractivity contribution >= 4 is 34.2 Å². The largest absolute Gasteiger partial charge is 0.497 e. The molecule has 3 aromatic rings. The number of piperidine rings is 1. The van der Waals surface area contributed by atoms with E-state index in [0.717, 1.165) is 52.4 Å². The Hall–Kier alpha value is -2.28. The molecule has 1 fully saturated rings. The van der Waals surface area contributed by atoms with E-state index in [1.54, 1.807) is 7.11 Å². The van der Waals surface area contributed by atoms with Crippen molar-refractivity contribution < 1.29 is 9.53 Å². The van der Waals surface area contributed by atoms with Crippen molar-refractivity contribution in [3.8, 4) is 5.75 Å². The fourth-order valence-corrected chi connectivity index (χ4v) is 4.61. The van der Waals surface area contributed by atoms with Crippen LogP contribution in [0.1, 0.15) is 31.7 Å². The van der Waals surface area contributed by atoms with Crippen molar-refractivity contribution in [1.29, 1.82) is 0 Å². The molecule has 0 radical (unpaired) electrons. The first-order chi connectivity index (χ1) is 13.1. The van der Waals surface area contributed by atoms with Gasteiger partial charge in [-0.05, 0) is 62.3 Å². The number of rotatable bonds is 4. The molecule has 0 unspecified atom stereocenters. The van der Waals surface area contributed by atoms with Crippen LogP contribution in [0.3, 0.4) is 0 Å². The molecule has 1 aliphatic rings. The van der Waals surface area contributed by atoms with Crippen LogP contribution in [0.15, 0.2) is 29.4 Å². The van der Waals surface area contributed by atoms with Gasteiger partial charge < -0.3 is 9.64 Å². The first-order valence-corrected chi connectivity index (χ1v) is 10.3. The number of carbonyl (C=O) groups is 1. The summed E-state index contributed by atoms with van der Waals surface area (Å²) in [6.07, 6.45) is 3.39. The maximum absolute atomic E-state index is 12.7. The molecule has 3 heterocycles. The van der Waals surface area contributed by atoms with Gasteiger partial charge in [0.2, 0.25) is 5.91 Å². The molecule has 4 rings (SSSR count). The third-order valence-electron chi connectivity index (χ3n) is 5.28. The molecular weight excluding hydrogens is 360 g/mol. The number of aryl methyl sites for hydroxylation is 1. The highest BCUT2D eigenvalue weighted by molar-refractivity contribution is 7.99. The van der Waals surface area contributed by atoms with Crippen molar-refractivity contribution in [1.82, 2.24) is 19.5 Å². The van der Waals surface area contributed by atoms with Gasteiger partial charge >= 0.3 is 0 Å². The van der Waals surface area contributed by atoms with Gasteiger partial charge in [0.25, 0.3) is 0 Å². The topological polar surface area (TPSA) is 59.7 Å². The van der Waals surface area contributed by atoms with E-state index in [4.69, 9.17) is 4.74 Å². The monoisotopic (exact) mass is 384 g/mol. The summed E-state index contributed by atoms with van der Waals surface area (Å²) in [5.74, 6) is 1.35. The van der Waals surface area contributed by atoms with Crippen molar-refractivity contribution in [2.75, 3.05) is 19.4 Å². The lowest BCUT2D eigenvalue weighted by atomic mass is 10.0. The van der Waals surface area contributed by atoms with Crippen LogP contribution in [0.2, 0.25) is 0 Å². The van der Waals surface area contributed by atoms with Gasteiger partial charge in [-0.3, -0.25) is 9.20 Å². The fraction of sp³-hybridized carbons (Fsp3) is 0.450. The summed E-state index contributed by atoms with van der Waals surface area (Å²) in [5.41, 5.74) is 2.86. The molecule has 0 bridgehead atoms. The van der Waals surface area contributed by atoms with Gasteiger partial charge in [-0.15, -0.1) is 10.2 Å². The minimum Gasteiger partial charge on any atom is -0.497 e. The maximum atomic E-state index is 12.7. The Balaban J connectivity index is 1.66. The van der Waals surface area contributed by atoms with Crippen molar-refractivity contribution in [3.63, 3.8) is 0 Å². The van der Waals surface area contributed by atoms with Crippen LogP contribution in [-0.2, 0) is 4.79 Å². The minimum absolute atomic E-state index is 0.179. The van der Waals surface area contributed by atoms with E-state index in [1.807, 2.05) is 34.4 Å². The number of nitrogens with zero attached hydrogens (tertiary/aromatic N) is 4. The van der Waals surface area contributed by atoms with Gasteiger partial charge in [0.05, 0.1) is 18.4 Å². The molecule has 1 aromatic carbocycles. The summed E-state index contributed by atoms with van der Waals surface area (Å²) in [6.45, 7) is 5.03. The van der Waals surface area contributed by atoms with Crippen LogP contribution < -0.4 is 4.74 Å². The van der Waals surface area contributed by atoms with Crippen LogP contribution in [-0.4, -0.2) is 50.9 Å². The Morgan fingerprint density at radius 1 is 1.30 bits per heavy atom. The Morgan fingerprint density at radius 2 is 2.15 bits per heavy atom. The number of likely N-dealkylation sites (tertiary alicyclic amines) is 1. The van der Waals surface area contributed by atoms with E-state index in [2.05, 4.69) is 23.2 Å². The summed E-state index contributed by atoms with van der Waals surface area (Å²) in [6, 6.07) is 8.41. The molecule has 1 atom stereocenters. The molecule has 0 spiro atoms. The third kappa shape index (κ3) is 3.36. The third-order valence-corrected chi connectivity index (χ3v) is 6.20. The minimum atomic E-state index is 0.179. The average molecular weight is 385 g/mol. The maximum Gasteiger partial charge on any atom is 0.233 e. The SMILES string of the molecule is COc1ccc2cc(C)c3nnc(SCC(=O)N4CCCC[C@H]4C)n3c2c1. The predicted molar refractivity (Wildman–Crippen MR) is 108 cm³/mol. The number of benzene rings is 1. The van der Waals surface area contributed by atoms with Gasteiger partial charge in [0, 0.05) is 18.7 Å². The van der Waals surface area contributed by atoms with Gasteiger partial charge in [-0.1, -0.05) is 11.8 Å². The highest BCUT2D eigenvalue weighted by atomic mass is 32.2. The number of amides is 1. The van der Waals surface area contributed by atoms with Gasteiger partial charge in [-0.25, -0.2) is 0 Å². The number of carbonyl (C=O) groups excluding carboxylic acids is 1. The molecule has 0 N–H and O–H groups in total. The summed E-state index contributed by atoms with van der Waals surface area (Å²) in [5, 5.41) is 10.6. The van der Waals surface area contributed by atoms with E-state index in [0.29, 0.717) is 11.8 Å². The second kappa shape index (κ2) is 7.38. The van der Waals surface area contributed by atoms with Crippen LogP contribution in [0.5, 0.6) is 5.75 Å². The molecular formula is C20H24N4O2S. The molecule has 142 valence electrons. The normalized spacial score (nSPS) is 17.6. The van der Waals surface area contributed by atoms with Crippen LogP contribution in [0.25, 0.3) is 16.6 Å². The van der Waals surface area contributed by atoms with E-state index in [9.17, 15) is 4.79 Å². The molecule has 1 amide bonds. The first-order valence-electron chi connectivity index (χ1n) is 9.33. The molecule has 0 saturated carbocycles. The second-order valence-corrected chi connectivity index (χ2v) is 8.06. The molecule has 27 heavy (non-hydrogen) atoms. The first kappa shape index (κ1) is 18.1. The van der Waals surface area contributed by atoms with E-state index in [-0.39, 0.29) is 5.91 Å². The van der Waals surface area contributed by atoms with Crippen LogP contribution in [0, 0.1) is 6.92 Å². The zero-order valence-electron chi connectivity index (χ0n) is 15.9. The fourth-order valence-electron chi connectivity index (χ4n) is 3.78. The summed E-state index contributed by atoms with van der Waals surface area (Å²) in [4.78, 5) is 14.7. The quantitative estimate of drug-likeness (QED) is 0.642. The number of thioether (sulfide) groups is 1. The second-order valence-electron chi connectivity index (χ2n) is 7.11. The zero-order valence-corrected chi connectivity index (χ0v) is 16.8. The smallest absolute Gasteiger partial charge is 0.233 e. The lowest BCUT2D eigenvalue weighted by molar-refractivity contribution is -0.131. The van der Waals surface area contributed by atoms with Crippen molar-refractivity contribution in [3.05, 3.63) is 29.8 Å². The summed E-state index contributed by atoms with van der Waals surface area (Å²) >= 11 is 1.45. The average Bonchev–Trinajstić information content (AvgIpc) is 3.11. The predicted octanol–water partition coefficient (Wildman–Crippen LogP) is 3.69.